The molecule has 2 N–H and O–H groups in total. The first kappa shape index (κ1) is 12.9. The van der Waals surface area contributed by atoms with Gasteiger partial charge in [0, 0.05) is 30.7 Å². The van der Waals surface area contributed by atoms with Crippen LogP contribution in [0.15, 0.2) is 18.2 Å². The summed E-state index contributed by atoms with van der Waals surface area (Å²) < 4.78 is 0. The molecule has 18 heavy (non-hydrogen) atoms. The normalized spacial score (nSPS) is 24.1. The number of piperazine rings is 1. The molecule has 4 nitrogen and oxygen atoms in total. The Kier molecular flexibility index (Phi) is 3.57. The number of phenols is 1. The molecule has 0 radical (unpaired) electrons. The molecule has 1 aromatic carbocycles. The largest absolute Gasteiger partial charge is 0.508 e. The fraction of sp³-hybridized carbons (Fsp3) is 0.500. The zero-order valence-electron chi connectivity index (χ0n) is 11.1. The smallest absolute Gasteiger partial charge is 0.254 e. The number of hydrogen-bond acceptors (Lipinski definition) is 3. The van der Waals surface area contributed by atoms with Crippen molar-refractivity contribution in [1.82, 2.24) is 10.2 Å². The van der Waals surface area contributed by atoms with Gasteiger partial charge in [-0.15, -0.1) is 0 Å². The summed E-state index contributed by atoms with van der Waals surface area (Å²) in [6.07, 6.45) is 0. The minimum atomic E-state index is 0.0488. The van der Waals surface area contributed by atoms with Crippen molar-refractivity contribution in [3.8, 4) is 5.75 Å². The number of nitrogens with zero attached hydrogens (tertiary/aromatic N) is 1. The van der Waals surface area contributed by atoms with Crippen LogP contribution in [0.5, 0.6) is 5.75 Å². The topological polar surface area (TPSA) is 52.6 Å². The number of carbonyl (C=O) groups excluding carboxylic acids is 1. The molecule has 0 spiro atoms. The highest BCUT2D eigenvalue weighted by Gasteiger charge is 2.26. The fourth-order valence-corrected chi connectivity index (χ4v) is 2.55. The number of aromatic hydroxyl groups is 1. The van der Waals surface area contributed by atoms with Crippen LogP contribution in [-0.4, -0.2) is 41.1 Å². The van der Waals surface area contributed by atoms with Gasteiger partial charge >= 0.3 is 0 Å². The molecule has 4 heteroatoms. The predicted molar refractivity (Wildman–Crippen MR) is 70.8 cm³/mol. The molecule has 1 aliphatic heterocycles. The van der Waals surface area contributed by atoms with Gasteiger partial charge in [0.15, 0.2) is 0 Å². The lowest BCUT2D eigenvalue weighted by molar-refractivity contribution is 0.0673. The summed E-state index contributed by atoms with van der Waals surface area (Å²) in [4.78, 5) is 14.3. The van der Waals surface area contributed by atoms with E-state index in [0.717, 1.165) is 18.7 Å². The molecule has 1 aliphatic rings. The Bertz CT molecular complexity index is 449. The Morgan fingerprint density at radius 1 is 1.33 bits per heavy atom. The molecular formula is C14H20N2O2. The standard InChI is InChI=1S/C14H20N2O2/c1-9-6-12(17)4-5-13(9)14(18)16-7-10(2)15-11(3)8-16/h4-6,10-11,15,17H,7-8H2,1-3H3. The van der Waals surface area contributed by atoms with Crippen molar-refractivity contribution in [2.24, 2.45) is 0 Å². The van der Waals surface area contributed by atoms with Gasteiger partial charge in [-0.3, -0.25) is 4.79 Å². The molecule has 2 rings (SSSR count). The summed E-state index contributed by atoms with van der Waals surface area (Å²) >= 11 is 0. The molecule has 98 valence electrons. The molecular weight excluding hydrogens is 228 g/mol. The second-order valence-electron chi connectivity index (χ2n) is 5.18. The van der Waals surface area contributed by atoms with E-state index < -0.39 is 0 Å². The average Bonchev–Trinajstić information content (AvgIpc) is 2.26. The van der Waals surface area contributed by atoms with Crippen LogP contribution in [0.3, 0.4) is 0 Å². The molecule has 1 saturated heterocycles. The third kappa shape index (κ3) is 2.64. The van der Waals surface area contributed by atoms with Crippen LogP contribution < -0.4 is 5.32 Å². The lowest BCUT2D eigenvalue weighted by Crippen LogP contribution is -2.55. The molecule has 0 bridgehead atoms. The van der Waals surface area contributed by atoms with Gasteiger partial charge in [0.2, 0.25) is 0 Å². The molecule has 1 fully saturated rings. The van der Waals surface area contributed by atoms with Crippen molar-refractivity contribution in [1.29, 1.82) is 0 Å². The van der Waals surface area contributed by atoms with E-state index in [1.54, 1.807) is 18.2 Å². The minimum Gasteiger partial charge on any atom is -0.508 e. The van der Waals surface area contributed by atoms with Crippen LogP contribution in [0.4, 0.5) is 0 Å². The van der Waals surface area contributed by atoms with Crippen LogP contribution in [-0.2, 0) is 0 Å². The highest BCUT2D eigenvalue weighted by molar-refractivity contribution is 5.96. The second-order valence-corrected chi connectivity index (χ2v) is 5.18. The van der Waals surface area contributed by atoms with Gasteiger partial charge in [0.05, 0.1) is 0 Å². The number of phenolic OH excluding ortho intramolecular Hbond substituents is 1. The monoisotopic (exact) mass is 248 g/mol. The van der Waals surface area contributed by atoms with Crippen molar-refractivity contribution in [2.75, 3.05) is 13.1 Å². The quantitative estimate of drug-likeness (QED) is 0.792. The van der Waals surface area contributed by atoms with Crippen molar-refractivity contribution < 1.29 is 9.90 Å². The maximum atomic E-state index is 12.4. The highest BCUT2D eigenvalue weighted by Crippen LogP contribution is 2.18. The number of amides is 1. The van der Waals surface area contributed by atoms with Gasteiger partial charge in [-0.25, -0.2) is 0 Å². The minimum absolute atomic E-state index is 0.0488. The Morgan fingerprint density at radius 3 is 2.50 bits per heavy atom. The Balaban J connectivity index is 2.20. The van der Waals surface area contributed by atoms with Gasteiger partial charge in [0.25, 0.3) is 5.91 Å². The molecule has 0 saturated carbocycles. The summed E-state index contributed by atoms with van der Waals surface area (Å²) in [6, 6.07) is 5.52. The van der Waals surface area contributed by atoms with Gasteiger partial charge in [-0.2, -0.15) is 0 Å². The molecule has 0 aromatic heterocycles. The van der Waals surface area contributed by atoms with Gasteiger partial charge < -0.3 is 15.3 Å². The second kappa shape index (κ2) is 4.98. The van der Waals surface area contributed by atoms with Crippen LogP contribution in [0.2, 0.25) is 0 Å². The Morgan fingerprint density at radius 2 is 1.94 bits per heavy atom. The summed E-state index contributed by atoms with van der Waals surface area (Å²) in [5, 5.41) is 12.8. The Hall–Kier alpha value is -1.55. The number of nitrogens with one attached hydrogen (secondary N) is 1. The van der Waals surface area contributed by atoms with Crippen molar-refractivity contribution >= 4 is 5.91 Å². The summed E-state index contributed by atoms with van der Waals surface area (Å²) in [6.45, 7) is 7.47. The molecule has 1 heterocycles. The molecule has 2 unspecified atom stereocenters. The number of carbonyl (C=O) groups is 1. The zero-order valence-corrected chi connectivity index (χ0v) is 11.1. The number of aryl methyl sites for hydroxylation is 1. The zero-order chi connectivity index (χ0) is 13.3. The van der Waals surface area contributed by atoms with Crippen LogP contribution in [0, 0.1) is 6.92 Å². The lowest BCUT2D eigenvalue weighted by atomic mass is 10.0. The average molecular weight is 248 g/mol. The Labute approximate surface area is 108 Å². The van der Waals surface area contributed by atoms with E-state index in [9.17, 15) is 9.90 Å². The summed E-state index contributed by atoms with van der Waals surface area (Å²) in [7, 11) is 0. The molecule has 1 amide bonds. The number of hydrogen-bond donors (Lipinski definition) is 2. The predicted octanol–water partition coefficient (Wildman–Crippen LogP) is 1.52. The first-order valence-electron chi connectivity index (χ1n) is 6.32. The maximum absolute atomic E-state index is 12.4. The van der Waals surface area contributed by atoms with Gasteiger partial charge in [0.1, 0.15) is 5.75 Å². The SMILES string of the molecule is Cc1cc(O)ccc1C(=O)N1CC(C)NC(C)C1. The van der Waals surface area contributed by atoms with Crippen LogP contribution in [0.25, 0.3) is 0 Å². The van der Waals surface area contributed by atoms with Crippen LogP contribution >= 0.6 is 0 Å². The molecule has 1 aromatic rings. The fourth-order valence-electron chi connectivity index (χ4n) is 2.55. The first-order valence-corrected chi connectivity index (χ1v) is 6.32. The van der Waals surface area contributed by atoms with E-state index in [1.807, 2.05) is 11.8 Å². The van der Waals surface area contributed by atoms with Crippen LogP contribution in [0.1, 0.15) is 29.8 Å². The van der Waals surface area contributed by atoms with E-state index in [0.29, 0.717) is 17.6 Å². The van der Waals surface area contributed by atoms with Gasteiger partial charge in [-0.05, 0) is 44.5 Å². The van der Waals surface area contributed by atoms with E-state index in [2.05, 4.69) is 19.2 Å². The van der Waals surface area contributed by atoms with Crippen molar-refractivity contribution in [3.63, 3.8) is 0 Å². The van der Waals surface area contributed by atoms with Crippen molar-refractivity contribution in [2.45, 2.75) is 32.9 Å². The number of rotatable bonds is 1. The summed E-state index contributed by atoms with van der Waals surface area (Å²) in [5.74, 6) is 0.249. The lowest BCUT2D eigenvalue weighted by Gasteiger charge is -2.36. The third-order valence-corrected chi connectivity index (χ3v) is 3.29. The third-order valence-electron chi connectivity index (χ3n) is 3.29. The molecule has 0 aliphatic carbocycles. The number of benzene rings is 1. The maximum Gasteiger partial charge on any atom is 0.254 e. The highest BCUT2D eigenvalue weighted by atomic mass is 16.3. The van der Waals surface area contributed by atoms with E-state index in [-0.39, 0.29) is 11.7 Å². The first-order chi connectivity index (χ1) is 8.47. The van der Waals surface area contributed by atoms with Gasteiger partial charge in [-0.1, -0.05) is 0 Å². The van der Waals surface area contributed by atoms with E-state index >= 15 is 0 Å². The van der Waals surface area contributed by atoms with E-state index in [1.165, 1.54) is 0 Å². The van der Waals surface area contributed by atoms with Crippen molar-refractivity contribution in [3.05, 3.63) is 29.3 Å². The molecule has 2 atom stereocenters. The van der Waals surface area contributed by atoms with E-state index in [4.69, 9.17) is 0 Å². The summed E-state index contributed by atoms with van der Waals surface area (Å²) in [5.41, 5.74) is 1.49.